The molecule has 2 nitrogen and oxygen atoms in total. The monoisotopic (exact) mass is 192 g/mol. The first-order chi connectivity index (χ1) is 6.04. The molecule has 2 N–H and O–H groups in total. The van der Waals surface area contributed by atoms with Gasteiger partial charge in [0.25, 0.3) is 0 Å². The first-order valence-electron chi connectivity index (χ1n) is 4.84. The van der Waals surface area contributed by atoms with E-state index in [1.807, 2.05) is 0 Å². The molecule has 1 aliphatic heterocycles. The minimum absolute atomic E-state index is 0.429. The minimum atomic E-state index is -2.51. The lowest BCUT2D eigenvalue weighted by Gasteiger charge is -2.34. The Hall–Kier alpha value is -0.220. The Labute approximate surface area is 78.1 Å². The number of piperidine rings is 1. The normalized spacial score (nSPS) is 22.2. The first-order valence-corrected chi connectivity index (χ1v) is 4.84. The smallest absolute Gasteiger partial charge is 0.248 e. The van der Waals surface area contributed by atoms with E-state index in [4.69, 9.17) is 5.73 Å². The highest BCUT2D eigenvalue weighted by Crippen LogP contribution is 2.32. The zero-order chi connectivity index (χ0) is 9.90. The van der Waals surface area contributed by atoms with Crippen molar-refractivity contribution >= 4 is 0 Å². The summed E-state index contributed by atoms with van der Waals surface area (Å²) in [5.41, 5.74) is 5.39. The van der Waals surface area contributed by atoms with E-state index in [1.54, 1.807) is 0 Å². The van der Waals surface area contributed by atoms with E-state index in [0.29, 0.717) is 19.4 Å². The molecule has 1 heterocycles. The maximum absolute atomic E-state index is 12.9. The Balaban J connectivity index is 2.30. The Morgan fingerprint density at radius 2 is 1.92 bits per heavy atom. The summed E-state index contributed by atoms with van der Waals surface area (Å²) < 4.78 is 25.8. The number of alkyl halides is 2. The van der Waals surface area contributed by atoms with Crippen LogP contribution in [0.5, 0.6) is 0 Å². The van der Waals surface area contributed by atoms with E-state index < -0.39 is 11.8 Å². The quantitative estimate of drug-likeness (QED) is 0.730. The maximum atomic E-state index is 12.9. The number of nitrogens with zero attached hydrogens (tertiary/aromatic N) is 1. The van der Waals surface area contributed by atoms with Crippen molar-refractivity contribution in [2.75, 3.05) is 26.2 Å². The molecule has 1 saturated heterocycles. The van der Waals surface area contributed by atoms with Crippen LogP contribution in [-0.2, 0) is 0 Å². The molecule has 1 aliphatic rings. The summed E-state index contributed by atoms with van der Waals surface area (Å²) in [6, 6.07) is 0. The lowest BCUT2D eigenvalue weighted by molar-refractivity contribution is -0.0616. The van der Waals surface area contributed by atoms with E-state index in [2.05, 4.69) is 4.90 Å². The fourth-order valence-electron chi connectivity index (χ4n) is 1.85. The molecule has 1 rings (SSSR count). The zero-order valence-electron chi connectivity index (χ0n) is 8.10. The van der Waals surface area contributed by atoms with Gasteiger partial charge in [-0.15, -0.1) is 0 Å². The van der Waals surface area contributed by atoms with Crippen LogP contribution < -0.4 is 5.73 Å². The molecule has 78 valence electrons. The lowest BCUT2D eigenvalue weighted by atomic mass is 9.91. The Morgan fingerprint density at radius 3 is 2.31 bits per heavy atom. The van der Waals surface area contributed by atoms with E-state index in [9.17, 15) is 8.78 Å². The number of rotatable bonds is 3. The van der Waals surface area contributed by atoms with Gasteiger partial charge in [-0.2, -0.15) is 0 Å². The van der Waals surface area contributed by atoms with E-state index >= 15 is 0 Å². The number of hydrogen-bond donors (Lipinski definition) is 1. The predicted octanol–water partition coefficient (Wildman–Crippen LogP) is 1.31. The van der Waals surface area contributed by atoms with Crippen molar-refractivity contribution in [2.45, 2.75) is 25.7 Å². The number of likely N-dealkylation sites (tertiary alicyclic amines) is 1. The number of hydrogen-bond acceptors (Lipinski definition) is 2. The van der Waals surface area contributed by atoms with Gasteiger partial charge in [0, 0.05) is 19.0 Å². The molecule has 0 aliphatic carbocycles. The second-order valence-electron chi connectivity index (χ2n) is 3.86. The Bertz CT molecular complexity index is 148. The largest absolute Gasteiger partial charge is 0.329 e. The van der Waals surface area contributed by atoms with Crippen LogP contribution in [-0.4, -0.2) is 37.0 Å². The summed E-state index contributed by atoms with van der Waals surface area (Å²) in [6.45, 7) is 4.02. The van der Waals surface area contributed by atoms with Crippen molar-refractivity contribution in [3.05, 3.63) is 0 Å². The molecule has 1 fully saturated rings. The molecule has 0 bridgehead atoms. The van der Waals surface area contributed by atoms with Crippen molar-refractivity contribution in [3.8, 4) is 0 Å². The van der Waals surface area contributed by atoms with Gasteiger partial charge in [0.2, 0.25) is 5.92 Å². The topological polar surface area (TPSA) is 29.3 Å². The highest BCUT2D eigenvalue weighted by atomic mass is 19.3. The van der Waals surface area contributed by atoms with Crippen molar-refractivity contribution in [2.24, 2.45) is 11.7 Å². The fraction of sp³-hybridized carbons (Fsp3) is 1.00. The highest BCUT2D eigenvalue weighted by molar-refractivity contribution is 4.79. The molecule has 4 heteroatoms. The van der Waals surface area contributed by atoms with Crippen molar-refractivity contribution in [1.82, 2.24) is 4.90 Å². The summed E-state index contributed by atoms with van der Waals surface area (Å²) in [6.07, 6.45) is 1.20. The van der Waals surface area contributed by atoms with Gasteiger partial charge in [0.1, 0.15) is 0 Å². The van der Waals surface area contributed by atoms with Gasteiger partial charge >= 0.3 is 0 Å². The average Bonchev–Trinajstić information content (AvgIpc) is 2.04. The van der Waals surface area contributed by atoms with Gasteiger partial charge < -0.3 is 10.6 Å². The van der Waals surface area contributed by atoms with Gasteiger partial charge in [-0.25, -0.2) is 8.78 Å². The molecule has 0 radical (unpaired) electrons. The minimum Gasteiger partial charge on any atom is -0.329 e. The number of nitrogens with two attached hydrogens (primary N) is 1. The summed E-state index contributed by atoms with van der Waals surface area (Å²) >= 11 is 0. The standard InChI is InChI=1S/C9H18F2N2/c1-9(10,11)8-2-5-13(6-3-8)7-4-12/h8H,2-7,12H2,1H3. The third-order valence-electron chi connectivity index (χ3n) is 2.75. The van der Waals surface area contributed by atoms with Crippen LogP contribution in [0.15, 0.2) is 0 Å². The molecule has 0 spiro atoms. The third kappa shape index (κ3) is 3.19. The lowest BCUT2D eigenvalue weighted by Crippen LogP contribution is -2.41. The molecule has 0 aromatic carbocycles. The van der Waals surface area contributed by atoms with Crippen LogP contribution in [0, 0.1) is 5.92 Å². The predicted molar refractivity (Wildman–Crippen MR) is 48.8 cm³/mol. The highest BCUT2D eigenvalue weighted by Gasteiger charge is 2.35. The molecule has 0 atom stereocenters. The molecule has 0 aromatic heterocycles. The fourth-order valence-corrected chi connectivity index (χ4v) is 1.85. The van der Waals surface area contributed by atoms with Crippen LogP contribution in [0.4, 0.5) is 8.78 Å². The molecule has 0 unspecified atom stereocenters. The average molecular weight is 192 g/mol. The summed E-state index contributed by atoms with van der Waals surface area (Å²) in [5.74, 6) is -2.93. The Morgan fingerprint density at radius 1 is 1.38 bits per heavy atom. The summed E-state index contributed by atoms with van der Waals surface area (Å²) in [4.78, 5) is 2.15. The van der Waals surface area contributed by atoms with Crippen LogP contribution in [0.2, 0.25) is 0 Å². The third-order valence-corrected chi connectivity index (χ3v) is 2.75. The van der Waals surface area contributed by atoms with Crippen LogP contribution >= 0.6 is 0 Å². The maximum Gasteiger partial charge on any atom is 0.248 e. The zero-order valence-corrected chi connectivity index (χ0v) is 8.10. The molecule has 0 amide bonds. The van der Waals surface area contributed by atoms with Gasteiger partial charge in [0.05, 0.1) is 0 Å². The molecule has 13 heavy (non-hydrogen) atoms. The van der Waals surface area contributed by atoms with Gasteiger partial charge in [0.15, 0.2) is 0 Å². The van der Waals surface area contributed by atoms with Gasteiger partial charge in [-0.1, -0.05) is 0 Å². The van der Waals surface area contributed by atoms with E-state index in [0.717, 1.165) is 26.6 Å². The van der Waals surface area contributed by atoms with Gasteiger partial charge in [-0.3, -0.25) is 0 Å². The molecule has 0 saturated carbocycles. The van der Waals surface area contributed by atoms with Crippen molar-refractivity contribution < 1.29 is 8.78 Å². The van der Waals surface area contributed by atoms with Crippen molar-refractivity contribution in [3.63, 3.8) is 0 Å². The summed E-state index contributed by atoms with van der Waals surface area (Å²) in [7, 11) is 0. The van der Waals surface area contributed by atoms with Crippen LogP contribution in [0.25, 0.3) is 0 Å². The number of halogens is 2. The van der Waals surface area contributed by atoms with E-state index in [1.165, 1.54) is 0 Å². The first kappa shape index (κ1) is 10.9. The molecular weight excluding hydrogens is 174 g/mol. The summed E-state index contributed by atoms with van der Waals surface area (Å²) in [5, 5.41) is 0. The molecular formula is C9H18F2N2. The second-order valence-corrected chi connectivity index (χ2v) is 3.86. The van der Waals surface area contributed by atoms with E-state index in [-0.39, 0.29) is 0 Å². The van der Waals surface area contributed by atoms with Crippen molar-refractivity contribution in [1.29, 1.82) is 0 Å². The molecule has 0 aromatic rings. The SMILES string of the molecule is CC(F)(F)C1CCN(CCN)CC1. The van der Waals surface area contributed by atoms with Gasteiger partial charge in [-0.05, 0) is 32.9 Å². The second kappa shape index (κ2) is 4.33. The van der Waals surface area contributed by atoms with Crippen LogP contribution in [0.3, 0.4) is 0 Å². The van der Waals surface area contributed by atoms with Crippen LogP contribution in [0.1, 0.15) is 19.8 Å². The Kier molecular flexibility index (Phi) is 3.62.